The average molecular weight is 288 g/mol. The summed E-state index contributed by atoms with van der Waals surface area (Å²) < 4.78 is 11.1. The number of hydrogen-bond acceptors (Lipinski definition) is 4. The summed E-state index contributed by atoms with van der Waals surface area (Å²) in [5.74, 6) is 0. The maximum atomic E-state index is 12.2. The van der Waals surface area contributed by atoms with Crippen LogP contribution >= 0.6 is 0 Å². The molecule has 1 fully saturated rings. The molecule has 0 saturated carbocycles. The number of aliphatic hydroxyl groups excluding tert-OH is 1. The maximum absolute atomic E-state index is 12.2. The molecule has 2 unspecified atom stereocenters. The monoisotopic (exact) mass is 288 g/mol. The summed E-state index contributed by atoms with van der Waals surface area (Å²) in [6, 6.07) is 7.70. The van der Waals surface area contributed by atoms with Crippen LogP contribution in [0.2, 0.25) is 0 Å². The SMILES string of the molecule is CC(C)(C)OC(=O)N1CCC2(O[B]c3ccccc32)C1O. The molecule has 0 aliphatic carbocycles. The summed E-state index contributed by atoms with van der Waals surface area (Å²) in [6.07, 6.45) is -1.02. The van der Waals surface area contributed by atoms with Gasteiger partial charge in [-0.1, -0.05) is 24.3 Å². The zero-order valence-corrected chi connectivity index (χ0v) is 12.5. The molecule has 2 atom stereocenters. The highest BCUT2D eigenvalue weighted by Crippen LogP contribution is 2.42. The van der Waals surface area contributed by atoms with Crippen molar-refractivity contribution in [2.75, 3.05) is 6.54 Å². The van der Waals surface area contributed by atoms with Crippen molar-refractivity contribution >= 4 is 19.0 Å². The standard InChI is InChI=1S/C15H19BNO4/c1-14(2,3)20-13(19)17-9-8-15(12(17)18)10-6-4-5-7-11(10)16-21-15/h4-7,12,18H,8-9H2,1-3H3. The first-order valence-corrected chi connectivity index (χ1v) is 7.12. The van der Waals surface area contributed by atoms with Gasteiger partial charge in [-0.25, -0.2) is 4.79 Å². The number of ether oxygens (including phenoxy) is 1. The Morgan fingerprint density at radius 2 is 2.19 bits per heavy atom. The maximum Gasteiger partial charge on any atom is 0.412 e. The van der Waals surface area contributed by atoms with Crippen LogP contribution in [0.5, 0.6) is 0 Å². The Labute approximate surface area is 125 Å². The van der Waals surface area contributed by atoms with E-state index in [0.717, 1.165) is 11.0 Å². The molecule has 0 aromatic heterocycles. The van der Waals surface area contributed by atoms with Crippen LogP contribution in [0.3, 0.4) is 0 Å². The fourth-order valence-corrected chi connectivity index (χ4v) is 2.91. The Balaban J connectivity index is 1.85. The van der Waals surface area contributed by atoms with E-state index < -0.39 is 23.5 Å². The van der Waals surface area contributed by atoms with E-state index in [1.165, 1.54) is 4.90 Å². The second kappa shape index (κ2) is 4.75. The van der Waals surface area contributed by atoms with Crippen molar-refractivity contribution in [3.8, 4) is 0 Å². The van der Waals surface area contributed by atoms with Crippen LogP contribution in [0.15, 0.2) is 24.3 Å². The Hall–Kier alpha value is -1.53. The summed E-state index contributed by atoms with van der Waals surface area (Å²) >= 11 is 0. The molecule has 1 radical (unpaired) electrons. The second-order valence-electron chi connectivity index (χ2n) is 6.51. The van der Waals surface area contributed by atoms with Crippen LogP contribution < -0.4 is 5.46 Å². The number of nitrogens with zero attached hydrogens (tertiary/aromatic N) is 1. The van der Waals surface area contributed by atoms with E-state index >= 15 is 0 Å². The highest BCUT2D eigenvalue weighted by Gasteiger charge is 2.54. The molecule has 2 aliphatic heterocycles. The quantitative estimate of drug-likeness (QED) is 0.727. The van der Waals surface area contributed by atoms with E-state index in [9.17, 15) is 9.90 Å². The smallest absolute Gasteiger partial charge is 0.412 e. The minimum atomic E-state index is -1.05. The van der Waals surface area contributed by atoms with Crippen LogP contribution in [-0.4, -0.2) is 42.0 Å². The molecule has 1 N–H and O–H groups in total. The third-order valence-electron chi connectivity index (χ3n) is 3.88. The van der Waals surface area contributed by atoms with Crippen LogP contribution in [0.25, 0.3) is 0 Å². The molecular weight excluding hydrogens is 269 g/mol. The van der Waals surface area contributed by atoms with Gasteiger partial charge in [-0.05, 0) is 31.8 Å². The predicted octanol–water partition coefficient (Wildman–Crippen LogP) is 1.12. The van der Waals surface area contributed by atoms with Gasteiger partial charge in [0.2, 0.25) is 0 Å². The predicted molar refractivity (Wildman–Crippen MR) is 78.2 cm³/mol. The normalized spacial score (nSPS) is 27.6. The summed E-state index contributed by atoms with van der Waals surface area (Å²) in [7, 11) is 1.65. The van der Waals surface area contributed by atoms with Crippen LogP contribution in [0.1, 0.15) is 32.8 Å². The van der Waals surface area contributed by atoms with Crippen LogP contribution in [0.4, 0.5) is 4.79 Å². The van der Waals surface area contributed by atoms with Gasteiger partial charge >= 0.3 is 13.6 Å². The molecular formula is C15H19BNO4. The number of carbonyl (C=O) groups is 1. The first-order valence-electron chi connectivity index (χ1n) is 7.12. The minimum absolute atomic E-state index is 0.401. The van der Waals surface area contributed by atoms with Gasteiger partial charge in [0.05, 0.1) is 0 Å². The fourth-order valence-electron chi connectivity index (χ4n) is 2.91. The van der Waals surface area contributed by atoms with E-state index in [4.69, 9.17) is 9.39 Å². The molecule has 21 heavy (non-hydrogen) atoms. The lowest BCUT2D eigenvalue weighted by atomic mass is 9.83. The molecule has 1 amide bonds. The van der Waals surface area contributed by atoms with E-state index in [1.807, 2.05) is 24.3 Å². The molecule has 1 aromatic rings. The molecule has 6 heteroatoms. The highest BCUT2D eigenvalue weighted by atomic mass is 16.6. The number of fused-ring (bicyclic) bond motifs is 2. The summed E-state index contributed by atoms with van der Waals surface area (Å²) in [5.41, 5.74) is 0.409. The second-order valence-corrected chi connectivity index (χ2v) is 6.51. The van der Waals surface area contributed by atoms with Gasteiger partial charge in [-0.2, -0.15) is 0 Å². The zero-order chi connectivity index (χ0) is 15.3. The first-order chi connectivity index (χ1) is 9.83. The third kappa shape index (κ3) is 2.32. The molecule has 2 aliphatic rings. The minimum Gasteiger partial charge on any atom is -0.444 e. The summed E-state index contributed by atoms with van der Waals surface area (Å²) in [6.45, 7) is 5.81. The van der Waals surface area contributed by atoms with Crippen molar-refractivity contribution in [3.63, 3.8) is 0 Å². The molecule has 1 saturated heterocycles. The number of rotatable bonds is 0. The van der Waals surface area contributed by atoms with Crippen LogP contribution in [0, 0.1) is 0 Å². The number of amides is 1. The molecule has 111 valence electrons. The summed E-state index contributed by atoms with van der Waals surface area (Å²) in [4.78, 5) is 13.5. The van der Waals surface area contributed by atoms with Gasteiger partial charge in [-0.3, -0.25) is 4.90 Å². The molecule has 3 rings (SSSR count). The van der Waals surface area contributed by atoms with Crippen molar-refractivity contribution in [3.05, 3.63) is 29.8 Å². The van der Waals surface area contributed by atoms with E-state index in [2.05, 4.69) is 0 Å². The van der Waals surface area contributed by atoms with Gasteiger partial charge in [0.15, 0.2) is 6.23 Å². The first kappa shape index (κ1) is 14.4. The Morgan fingerprint density at radius 1 is 1.48 bits per heavy atom. The van der Waals surface area contributed by atoms with Crippen molar-refractivity contribution in [1.82, 2.24) is 4.90 Å². The van der Waals surface area contributed by atoms with E-state index in [-0.39, 0.29) is 0 Å². The number of hydrogen-bond donors (Lipinski definition) is 1. The number of likely N-dealkylation sites (tertiary alicyclic amines) is 1. The highest BCUT2D eigenvalue weighted by molar-refractivity contribution is 6.49. The lowest BCUT2D eigenvalue weighted by molar-refractivity contribution is -0.0890. The number of aliphatic hydroxyl groups is 1. The zero-order valence-electron chi connectivity index (χ0n) is 12.5. The topological polar surface area (TPSA) is 59.0 Å². The van der Waals surface area contributed by atoms with Crippen molar-refractivity contribution in [2.24, 2.45) is 0 Å². The average Bonchev–Trinajstić information content (AvgIpc) is 2.93. The molecule has 1 spiro atoms. The number of carbonyl (C=O) groups excluding carboxylic acids is 1. The molecule has 1 aromatic carbocycles. The van der Waals surface area contributed by atoms with Crippen molar-refractivity contribution < 1.29 is 19.3 Å². The Morgan fingerprint density at radius 3 is 2.90 bits per heavy atom. The molecule has 0 bridgehead atoms. The Kier molecular flexibility index (Phi) is 3.26. The van der Waals surface area contributed by atoms with Crippen molar-refractivity contribution in [1.29, 1.82) is 0 Å². The lowest BCUT2D eigenvalue weighted by Gasteiger charge is -2.32. The van der Waals surface area contributed by atoms with Gasteiger partial charge in [-0.15, -0.1) is 0 Å². The molecule has 2 heterocycles. The van der Waals surface area contributed by atoms with E-state index in [1.54, 1.807) is 28.3 Å². The largest absolute Gasteiger partial charge is 0.444 e. The Bertz CT molecular complexity index is 571. The van der Waals surface area contributed by atoms with Gasteiger partial charge in [0.1, 0.15) is 11.2 Å². The van der Waals surface area contributed by atoms with Crippen LogP contribution in [-0.2, 0) is 15.0 Å². The van der Waals surface area contributed by atoms with Gasteiger partial charge in [0.25, 0.3) is 0 Å². The lowest BCUT2D eigenvalue weighted by Crippen LogP contribution is -2.46. The van der Waals surface area contributed by atoms with E-state index in [0.29, 0.717) is 13.0 Å². The van der Waals surface area contributed by atoms with Crippen molar-refractivity contribution in [2.45, 2.75) is 44.6 Å². The number of benzene rings is 1. The molecule has 5 nitrogen and oxygen atoms in total. The third-order valence-corrected chi connectivity index (χ3v) is 3.88. The fraction of sp³-hybridized carbons (Fsp3) is 0.533. The van der Waals surface area contributed by atoms with Gasteiger partial charge in [0, 0.05) is 13.0 Å². The van der Waals surface area contributed by atoms with Gasteiger partial charge < -0.3 is 14.5 Å². The summed E-state index contributed by atoms with van der Waals surface area (Å²) in [5, 5.41) is 10.6.